The standard InChI is InChI=1S/C13H16BrNO/c1-2-6-15-7-5-10-9-16-13-4-3-11(14)8-12(10)13/h3-4,8-9,15H,2,5-7H2,1H3. The number of rotatable bonds is 5. The first kappa shape index (κ1) is 11.7. The summed E-state index contributed by atoms with van der Waals surface area (Å²) in [5, 5.41) is 4.61. The minimum Gasteiger partial charge on any atom is -0.464 e. The number of nitrogens with one attached hydrogen (secondary N) is 1. The molecule has 0 amide bonds. The van der Waals surface area contributed by atoms with Gasteiger partial charge in [0.2, 0.25) is 0 Å². The highest BCUT2D eigenvalue weighted by atomic mass is 79.9. The van der Waals surface area contributed by atoms with Crippen LogP contribution in [0.25, 0.3) is 11.0 Å². The van der Waals surface area contributed by atoms with Crippen molar-refractivity contribution in [1.82, 2.24) is 5.32 Å². The highest BCUT2D eigenvalue weighted by Crippen LogP contribution is 2.24. The van der Waals surface area contributed by atoms with E-state index in [1.807, 2.05) is 18.4 Å². The predicted molar refractivity (Wildman–Crippen MR) is 70.8 cm³/mol. The van der Waals surface area contributed by atoms with Gasteiger partial charge < -0.3 is 9.73 Å². The molecule has 0 saturated carbocycles. The molecule has 0 fully saturated rings. The second kappa shape index (κ2) is 5.51. The Hall–Kier alpha value is -0.800. The van der Waals surface area contributed by atoms with Crippen molar-refractivity contribution in [2.24, 2.45) is 0 Å². The van der Waals surface area contributed by atoms with E-state index in [9.17, 15) is 0 Å². The third-order valence-electron chi connectivity index (χ3n) is 2.61. The van der Waals surface area contributed by atoms with Crippen molar-refractivity contribution < 1.29 is 4.42 Å². The van der Waals surface area contributed by atoms with Gasteiger partial charge in [-0.25, -0.2) is 0 Å². The lowest BCUT2D eigenvalue weighted by molar-refractivity contribution is 0.605. The molecule has 1 aromatic heterocycles. The lowest BCUT2D eigenvalue weighted by Crippen LogP contribution is -2.17. The SMILES string of the molecule is CCCNCCc1coc2ccc(Br)cc12. The molecule has 3 heteroatoms. The predicted octanol–water partition coefficient (Wildman–Crippen LogP) is 3.74. The normalized spacial score (nSPS) is 11.1. The molecule has 1 heterocycles. The molecule has 0 radical (unpaired) electrons. The van der Waals surface area contributed by atoms with Crippen molar-refractivity contribution in [3.8, 4) is 0 Å². The van der Waals surface area contributed by atoms with E-state index in [0.29, 0.717) is 0 Å². The van der Waals surface area contributed by atoms with Gasteiger partial charge in [0, 0.05) is 9.86 Å². The highest BCUT2D eigenvalue weighted by molar-refractivity contribution is 9.10. The molecule has 2 nitrogen and oxygen atoms in total. The fraction of sp³-hybridized carbons (Fsp3) is 0.385. The monoisotopic (exact) mass is 281 g/mol. The molecule has 0 unspecified atom stereocenters. The summed E-state index contributed by atoms with van der Waals surface area (Å²) in [5.41, 5.74) is 2.24. The van der Waals surface area contributed by atoms with Crippen molar-refractivity contribution in [2.75, 3.05) is 13.1 Å². The van der Waals surface area contributed by atoms with Gasteiger partial charge in [0.15, 0.2) is 0 Å². The molecular weight excluding hydrogens is 266 g/mol. The largest absolute Gasteiger partial charge is 0.464 e. The molecule has 86 valence electrons. The summed E-state index contributed by atoms with van der Waals surface area (Å²) in [5.74, 6) is 0. The molecule has 16 heavy (non-hydrogen) atoms. The number of benzene rings is 1. The van der Waals surface area contributed by atoms with Crippen LogP contribution in [0.1, 0.15) is 18.9 Å². The van der Waals surface area contributed by atoms with Gasteiger partial charge in [-0.15, -0.1) is 0 Å². The van der Waals surface area contributed by atoms with Crippen molar-refractivity contribution in [2.45, 2.75) is 19.8 Å². The number of hydrogen-bond donors (Lipinski definition) is 1. The number of hydrogen-bond acceptors (Lipinski definition) is 2. The first-order chi connectivity index (χ1) is 7.81. The Balaban J connectivity index is 2.09. The molecule has 2 aromatic rings. The van der Waals surface area contributed by atoms with E-state index in [1.54, 1.807) is 0 Å². The van der Waals surface area contributed by atoms with Crippen LogP contribution in [0.15, 0.2) is 33.4 Å². The molecule has 0 bridgehead atoms. The highest BCUT2D eigenvalue weighted by Gasteiger charge is 2.05. The lowest BCUT2D eigenvalue weighted by atomic mass is 10.1. The van der Waals surface area contributed by atoms with Gasteiger partial charge in [0.05, 0.1) is 6.26 Å². The Morgan fingerprint density at radius 2 is 2.19 bits per heavy atom. The van der Waals surface area contributed by atoms with Crippen LogP contribution < -0.4 is 5.32 Å². The molecule has 1 N–H and O–H groups in total. The number of fused-ring (bicyclic) bond motifs is 1. The van der Waals surface area contributed by atoms with Crippen molar-refractivity contribution >= 4 is 26.9 Å². The average molecular weight is 282 g/mol. The van der Waals surface area contributed by atoms with Crippen LogP contribution >= 0.6 is 15.9 Å². The van der Waals surface area contributed by atoms with Crippen LogP contribution in [0.5, 0.6) is 0 Å². The minimum atomic E-state index is 0.966. The molecule has 0 spiro atoms. The van der Waals surface area contributed by atoms with Crippen LogP contribution in [-0.2, 0) is 6.42 Å². The van der Waals surface area contributed by atoms with Gasteiger partial charge in [-0.05, 0) is 49.7 Å². The third kappa shape index (κ3) is 2.66. The Morgan fingerprint density at radius 1 is 1.31 bits per heavy atom. The van der Waals surface area contributed by atoms with E-state index in [4.69, 9.17) is 4.42 Å². The zero-order valence-corrected chi connectivity index (χ0v) is 11.0. The van der Waals surface area contributed by atoms with Crippen LogP contribution in [0, 0.1) is 0 Å². The van der Waals surface area contributed by atoms with Gasteiger partial charge in [0.1, 0.15) is 5.58 Å². The summed E-state index contributed by atoms with van der Waals surface area (Å²) in [4.78, 5) is 0. The van der Waals surface area contributed by atoms with Gasteiger partial charge in [0.25, 0.3) is 0 Å². The quantitative estimate of drug-likeness (QED) is 0.845. The zero-order chi connectivity index (χ0) is 11.4. The smallest absolute Gasteiger partial charge is 0.134 e. The molecular formula is C13H16BrNO. The molecule has 0 aliphatic carbocycles. The van der Waals surface area contributed by atoms with Crippen LogP contribution in [0.3, 0.4) is 0 Å². The van der Waals surface area contributed by atoms with E-state index in [-0.39, 0.29) is 0 Å². The Bertz CT molecular complexity index is 464. The maximum atomic E-state index is 5.51. The Labute approximate surface area is 104 Å². The summed E-state index contributed by atoms with van der Waals surface area (Å²) >= 11 is 3.49. The number of halogens is 1. The first-order valence-corrected chi connectivity index (χ1v) is 6.47. The first-order valence-electron chi connectivity index (χ1n) is 5.67. The maximum absolute atomic E-state index is 5.51. The molecule has 0 aliphatic rings. The second-order valence-electron chi connectivity index (χ2n) is 3.90. The summed E-state index contributed by atoms with van der Waals surface area (Å²) < 4.78 is 6.61. The van der Waals surface area contributed by atoms with E-state index in [1.165, 1.54) is 17.4 Å². The Kier molecular flexibility index (Phi) is 4.02. The molecule has 2 rings (SSSR count). The summed E-state index contributed by atoms with van der Waals surface area (Å²) in [6.07, 6.45) is 4.06. The minimum absolute atomic E-state index is 0.966. The van der Waals surface area contributed by atoms with E-state index >= 15 is 0 Å². The zero-order valence-electron chi connectivity index (χ0n) is 9.42. The van der Waals surface area contributed by atoms with E-state index < -0.39 is 0 Å². The summed E-state index contributed by atoms with van der Waals surface area (Å²) in [6.45, 7) is 4.27. The molecule has 0 atom stereocenters. The van der Waals surface area contributed by atoms with Gasteiger partial charge in [-0.2, -0.15) is 0 Å². The third-order valence-corrected chi connectivity index (χ3v) is 3.11. The van der Waals surface area contributed by atoms with E-state index in [2.05, 4.69) is 34.2 Å². The van der Waals surface area contributed by atoms with Crippen LogP contribution in [-0.4, -0.2) is 13.1 Å². The van der Waals surface area contributed by atoms with Gasteiger partial charge >= 0.3 is 0 Å². The van der Waals surface area contributed by atoms with Crippen molar-refractivity contribution in [3.05, 3.63) is 34.5 Å². The van der Waals surface area contributed by atoms with Gasteiger partial charge in [-0.1, -0.05) is 22.9 Å². The molecule has 1 aromatic carbocycles. The topological polar surface area (TPSA) is 25.2 Å². The van der Waals surface area contributed by atoms with Crippen molar-refractivity contribution in [1.29, 1.82) is 0 Å². The van der Waals surface area contributed by atoms with Crippen LogP contribution in [0.4, 0.5) is 0 Å². The average Bonchev–Trinajstić information content (AvgIpc) is 2.67. The lowest BCUT2D eigenvalue weighted by Gasteiger charge is -2.01. The maximum Gasteiger partial charge on any atom is 0.134 e. The van der Waals surface area contributed by atoms with Crippen LogP contribution in [0.2, 0.25) is 0 Å². The van der Waals surface area contributed by atoms with Crippen molar-refractivity contribution in [3.63, 3.8) is 0 Å². The molecule has 0 saturated heterocycles. The fourth-order valence-electron chi connectivity index (χ4n) is 1.77. The fourth-order valence-corrected chi connectivity index (χ4v) is 2.13. The van der Waals surface area contributed by atoms with E-state index in [0.717, 1.165) is 29.6 Å². The van der Waals surface area contributed by atoms with Gasteiger partial charge in [-0.3, -0.25) is 0 Å². The number of furan rings is 1. The molecule has 0 aliphatic heterocycles. The summed E-state index contributed by atoms with van der Waals surface area (Å²) in [6, 6.07) is 6.13. The Morgan fingerprint density at radius 3 is 3.00 bits per heavy atom. The second-order valence-corrected chi connectivity index (χ2v) is 4.82. The summed E-state index contributed by atoms with van der Waals surface area (Å²) in [7, 11) is 0.